The largest absolute Gasteiger partial charge is 0.349 e. The first-order valence-electron chi connectivity index (χ1n) is 6.34. The lowest BCUT2D eigenvalue weighted by molar-refractivity contribution is 0.0947. The Labute approximate surface area is 122 Å². The zero-order chi connectivity index (χ0) is 14.5. The summed E-state index contributed by atoms with van der Waals surface area (Å²) in [7, 11) is 0. The molecule has 2 aromatic heterocycles. The fourth-order valence-electron chi connectivity index (χ4n) is 1.62. The van der Waals surface area contributed by atoms with Crippen LogP contribution in [0.3, 0.4) is 0 Å². The molecule has 0 saturated heterocycles. The fraction of sp³-hybridized carbons (Fsp3) is 0.385. The van der Waals surface area contributed by atoms with Gasteiger partial charge in [0.1, 0.15) is 11.5 Å². The van der Waals surface area contributed by atoms with Gasteiger partial charge in [-0.2, -0.15) is 0 Å². The molecular weight excluding hydrogens is 278 g/mol. The monoisotopic (exact) mass is 293 g/mol. The van der Waals surface area contributed by atoms with Crippen LogP contribution in [0.4, 0.5) is 0 Å². The van der Waals surface area contributed by atoms with Gasteiger partial charge in [0.15, 0.2) is 0 Å². The molecule has 1 N–H and O–H groups in total. The maximum absolute atomic E-state index is 12.1. The average Bonchev–Trinajstić information content (AvgIpc) is 2.92. The van der Waals surface area contributed by atoms with Crippen LogP contribution in [0.15, 0.2) is 24.9 Å². The highest BCUT2D eigenvalue weighted by Gasteiger charge is 2.14. The van der Waals surface area contributed by atoms with E-state index in [1.165, 1.54) is 6.20 Å². The van der Waals surface area contributed by atoms with Gasteiger partial charge in [-0.05, 0) is 0 Å². The number of imidazole rings is 1. The molecule has 106 valence electrons. The van der Waals surface area contributed by atoms with Gasteiger partial charge in [-0.1, -0.05) is 25.4 Å². The second-order valence-electron chi connectivity index (χ2n) is 4.64. The molecule has 7 heteroatoms. The molecule has 6 nitrogen and oxygen atoms in total. The number of rotatable bonds is 5. The molecule has 0 unspecified atom stereocenters. The summed E-state index contributed by atoms with van der Waals surface area (Å²) in [5.74, 6) is 0.457. The zero-order valence-electron chi connectivity index (χ0n) is 11.4. The third-order valence-electron chi connectivity index (χ3n) is 2.71. The summed E-state index contributed by atoms with van der Waals surface area (Å²) >= 11 is 5.97. The Hall–Kier alpha value is -1.95. The van der Waals surface area contributed by atoms with Crippen molar-refractivity contribution in [3.05, 3.63) is 41.5 Å². The molecule has 2 heterocycles. The first-order chi connectivity index (χ1) is 9.58. The van der Waals surface area contributed by atoms with Gasteiger partial charge in [0.2, 0.25) is 0 Å². The van der Waals surface area contributed by atoms with Crippen LogP contribution in [0, 0.1) is 0 Å². The van der Waals surface area contributed by atoms with E-state index < -0.39 is 0 Å². The molecule has 0 aromatic carbocycles. The summed E-state index contributed by atoms with van der Waals surface area (Å²) in [6.07, 6.45) is 6.69. The molecule has 0 spiro atoms. The molecule has 0 saturated carbocycles. The summed E-state index contributed by atoms with van der Waals surface area (Å²) in [5.41, 5.74) is 0.219. The minimum atomic E-state index is -0.292. The molecule has 2 rings (SSSR count). The van der Waals surface area contributed by atoms with E-state index in [2.05, 4.69) is 20.3 Å². The third-order valence-corrected chi connectivity index (χ3v) is 2.99. The van der Waals surface area contributed by atoms with Gasteiger partial charge >= 0.3 is 0 Å². The molecule has 0 fully saturated rings. The van der Waals surface area contributed by atoms with Crippen molar-refractivity contribution in [2.75, 3.05) is 6.54 Å². The van der Waals surface area contributed by atoms with Crippen LogP contribution < -0.4 is 5.32 Å². The lowest BCUT2D eigenvalue weighted by atomic mass is 10.2. The summed E-state index contributed by atoms with van der Waals surface area (Å²) in [4.78, 5) is 24.3. The molecule has 2 aromatic rings. The molecule has 0 aliphatic heterocycles. The van der Waals surface area contributed by atoms with Crippen LogP contribution in [0.5, 0.6) is 0 Å². The van der Waals surface area contributed by atoms with E-state index in [1.807, 2.05) is 24.6 Å². The van der Waals surface area contributed by atoms with Gasteiger partial charge in [0.25, 0.3) is 5.91 Å². The SMILES string of the molecule is CC(C)c1ncc(Cl)c(C(=O)NCCn2ccnc2)n1. The van der Waals surface area contributed by atoms with Gasteiger partial charge in [-0.25, -0.2) is 15.0 Å². The van der Waals surface area contributed by atoms with Crippen LogP contribution in [-0.2, 0) is 6.54 Å². The van der Waals surface area contributed by atoms with Gasteiger partial charge in [0, 0.05) is 31.4 Å². The van der Waals surface area contributed by atoms with Crippen molar-refractivity contribution >= 4 is 17.5 Å². The van der Waals surface area contributed by atoms with Crippen LogP contribution >= 0.6 is 11.6 Å². The second kappa shape index (κ2) is 6.47. The lowest BCUT2D eigenvalue weighted by Gasteiger charge is -2.09. The third kappa shape index (κ3) is 3.54. The topological polar surface area (TPSA) is 72.7 Å². The Bertz CT molecular complexity index is 582. The first kappa shape index (κ1) is 14.5. The van der Waals surface area contributed by atoms with Crippen molar-refractivity contribution in [1.29, 1.82) is 0 Å². The van der Waals surface area contributed by atoms with Crippen LogP contribution in [0.2, 0.25) is 5.02 Å². The molecule has 0 aliphatic carbocycles. The second-order valence-corrected chi connectivity index (χ2v) is 5.04. The molecule has 20 heavy (non-hydrogen) atoms. The first-order valence-corrected chi connectivity index (χ1v) is 6.72. The van der Waals surface area contributed by atoms with Gasteiger partial charge in [-0.15, -0.1) is 0 Å². The maximum atomic E-state index is 12.1. The summed E-state index contributed by atoms with van der Waals surface area (Å²) in [6.45, 7) is 5.05. The quantitative estimate of drug-likeness (QED) is 0.913. The molecular formula is C13H16ClN5O. The predicted molar refractivity (Wildman–Crippen MR) is 75.7 cm³/mol. The van der Waals surface area contributed by atoms with Crippen molar-refractivity contribution in [3.63, 3.8) is 0 Å². The van der Waals surface area contributed by atoms with Gasteiger partial charge in [0.05, 0.1) is 17.5 Å². The van der Waals surface area contributed by atoms with Gasteiger partial charge in [-0.3, -0.25) is 4.79 Å². The predicted octanol–water partition coefficient (Wildman–Crippen LogP) is 1.88. The number of hydrogen-bond acceptors (Lipinski definition) is 4. The van der Waals surface area contributed by atoms with Gasteiger partial charge < -0.3 is 9.88 Å². The Balaban J connectivity index is 1.99. The van der Waals surface area contributed by atoms with Crippen LogP contribution in [0.25, 0.3) is 0 Å². The Morgan fingerprint density at radius 1 is 1.50 bits per heavy atom. The number of nitrogens with one attached hydrogen (secondary N) is 1. The van der Waals surface area contributed by atoms with E-state index in [0.717, 1.165) is 0 Å². The number of nitrogens with zero attached hydrogens (tertiary/aromatic N) is 4. The molecule has 0 atom stereocenters. The smallest absolute Gasteiger partial charge is 0.271 e. The Morgan fingerprint density at radius 3 is 2.95 bits per heavy atom. The van der Waals surface area contributed by atoms with E-state index in [4.69, 9.17) is 11.6 Å². The Morgan fingerprint density at radius 2 is 2.30 bits per heavy atom. The lowest BCUT2D eigenvalue weighted by Crippen LogP contribution is -2.28. The number of hydrogen-bond donors (Lipinski definition) is 1. The van der Waals surface area contributed by atoms with Crippen molar-refractivity contribution in [1.82, 2.24) is 24.8 Å². The number of carbonyl (C=O) groups excluding carboxylic acids is 1. The highest BCUT2D eigenvalue weighted by atomic mass is 35.5. The van der Waals surface area contributed by atoms with E-state index in [1.54, 1.807) is 12.5 Å². The maximum Gasteiger partial charge on any atom is 0.271 e. The minimum Gasteiger partial charge on any atom is -0.349 e. The average molecular weight is 294 g/mol. The minimum absolute atomic E-state index is 0.143. The standard InChI is InChI=1S/C13H16ClN5O/c1-9(2)12-17-7-10(14)11(18-12)13(20)16-4-6-19-5-3-15-8-19/h3,5,7-9H,4,6H2,1-2H3,(H,16,20). The van der Waals surface area contributed by atoms with E-state index >= 15 is 0 Å². The molecule has 1 amide bonds. The van der Waals surface area contributed by atoms with Crippen LogP contribution in [0.1, 0.15) is 36.1 Å². The number of halogens is 1. The summed E-state index contributed by atoms with van der Waals surface area (Å²) in [6, 6.07) is 0. The molecule has 0 aliphatic rings. The normalized spacial score (nSPS) is 10.8. The summed E-state index contributed by atoms with van der Waals surface area (Å²) in [5, 5.41) is 3.04. The zero-order valence-corrected chi connectivity index (χ0v) is 12.1. The molecule has 0 bridgehead atoms. The number of amides is 1. The van der Waals surface area contributed by atoms with Crippen molar-refractivity contribution in [3.8, 4) is 0 Å². The van der Waals surface area contributed by atoms with Crippen LogP contribution in [-0.4, -0.2) is 32.0 Å². The Kier molecular flexibility index (Phi) is 4.68. The van der Waals surface area contributed by atoms with Crippen molar-refractivity contribution in [2.24, 2.45) is 0 Å². The molecule has 0 radical (unpaired) electrons. The highest BCUT2D eigenvalue weighted by molar-refractivity contribution is 6.33. The van der Waals surface area contributed by atoms with Crippen molar-refractivity contribution < 1.29 is 4.79 Å². The number of aromatic nitrogens is 4. The van der Waals surface area contributed by atoms with E-state index in [0.29, 0.717) is 18.9 Å². The number of carbonyl (C=O) groups is 1. The fourth-order valence-corrected chi connectivity index (χ4v) is 1.80. The van der Waals surface area contributed by atoms with Crippen molar-refractivity contribution in [2.45, 2.75) is 26.3 Å². The summed E-state index contributed by atoms with van der Waals surface area (Å²) < 4.78 is 1.88. The van der Waals surface area contributed by atoms with E-state index in [-0.39, 0.29) is 22.5 Å². The highest BCUT2D eigenvalue weighted by Crippen LogP contribution is 2.16. The van der Waals surface area contributed by atoms with E-state index in [9.17, 15) is 4.79 Å².